The molecular weight excluding hydrogens is 178 g/mol. The number of nitrogens with one attached hydrogen (secondary N) is 1. The van der Waals surface area contributed by atoms with Gasteiger partial charge in [0, 0.05) is 20.1 Å². The molecule has 1 heterocycles. The number of aliphatic hydroxyl groups excluding tert-OH is 1. The molecule has 0 saturated heterocycles. The van der Waals surface area contributed by atoms with E-state index in [1.54, 1.807) is 0 Å². The Labute approximate surface area is 84.9 Å². The fourth-order valence-electron chi connectivity index (χ4n) is 1.34. The molecule has 2 N–H and O–H groups in total. The first-order valence-corrected chi connectivity index (χ1v) is 5.01. The maximum atomic E-state index is 9.33. The summed E-state index contributed by atoms with van der Waals surface area (Å²) in [6.45, 7) is 5.35. The molecule has 0 bridgehead atoms. The van der Waals surface area contributed by atoms with Gasteiger partial charge in [0.1, 0.15) is 0 Å². The van der Waals surface area contributed by atoms with Crippen LogP contribution >= 0.6 is 0 Å². The molecule has 0 aliphatic rings. The van der Waals surface area contributed by atoms with Crippen LogP contribution in [0.25, 0.3) is 0 Å². The SMILES string of the molecule is CCC(O)CNCc1cc(C)nn1C. The van der Waals surface area contributed by atoms with Crippen LogP contribution in [0.4, 0.5) is 0 Å². The minimum absolute atomic E-state index is 0.246. The van der Waals surface area contributed by atoms with Crippen molar-refractivity contribution in [1.82, 2.24) is 15.1 Å². The van der Waals surface area contributed by atoms with E-state index in [1.165, 1.54) is 0 Å². The van der Waals surface area contributed by atoms with Crippen LogP contribution in [0.1, 0.15) is 24.7 Å². The predicted molar refractivity (Wildman–Crippen MR) is 55.9 cm³/mol. The maximum Gasteiger partial charge on any atom is 0.0662 e. The van der Waals surface area contributed by atoms with E-state index in [4.69, 9.17) is 0 Å². The molecule has 14 heavy (non-hydrogen) atoms. The predicted octanol–water partition coefficient (Wildman–Crippen LogP) is 0.589. The molecule has 0 amide bonds. The Morgan fingerprint density at radius 1 is 1.64 bits per heavy atom. The average molecular weight is 197 g/mol. The summed E-state index contributed by atoms with van der Waals surface area (Å²) < 4.78 is 1.86. The van der Waals surface area contributed by atoms with Crippen molar-refractivity contribution in [1.29, 1.82) is 0 Å². The Morgan fingerprint density at radius 3 is 2.86 bits per heavy atom. The monoisotopic (exact) mass is 197 g/mol. The average Bonchev–Trinajstić information content (AvgIpc) is 2.45. The van der Waals surface area contributed by atoms with Crippen LogP contribution in [-0.4, -0.2) is 27.5 Å². The van der Waals surface area contributed by atoms with E-state index in [9.17, 15) is 5.11 Å². The van der Waals surface area contributed by atoms with Crippen LogP contribution in [0.5, 0.6) is 0 Å². The van der Waals surface area contributed by atoms with Gasteiger partial charge in [-0.3, -0.25) is 4.68 Å². The van der Waals surface area contributed by atoms with Gasteiger partial charge in [-0.15, -0.1) is 0 Å². The summed E-state index contributed by atoms with van der Waals surface area (Å²) in [6, 6.07) is 2.05. The van der Waals surface area contributed by atoms with Gasteiger partial charge in [0.2, 0.25) is 0 Å². The van der Waals surface area contributed by atoms with Crippen molar-refractivity contribution in [2.24, 2.45) is 7.05 Å². The minimum Gasteiger partial charge on any atom is -0.392 e. The lowest BCUT2D eigenvalue weighted by Gasteiger charge is -2.09. The van der Waals surface area contributed by atoms with Gasteiger partial charge >= 0.3 is 0 Å². The number of nitrogens with zero attached hydrogens (tertiary/aromatic N) is 2. The standard InChI is InChI=1S/C10H19N3O/c1-4-10(14)7-11-6-9-5-8(2)12-13(9)3/h5,10-11,14H,4,6-7H2,1-3H3. The van der Waals surface area contributed by atoms with E-state index in [2.05, 4.69) is 10.4 Å². The van der Waals surface area contributed by atoms with Gasteiger partial charge in [-0.2, -0.15) is 5.10 Å². The number of rotatable bonds is 5. The molecule has 0 spiro atoms. The highest BCUT2D eigenvalue weighted by molar-refractivity contribution is 5.08. The van der Waals surface area contributed by atoms with Crippen molar-refractivity contribution in [3.8, 4) is 0 Å². The summed E-state index contributed by atoms with van der Waals surface area (Å²) in [5.41, 5.74) is 2.17. The molecule has 1 rings (SSSR count). The smallest absolute Gasteiger partial charge is 0.0662 e. The molecular formula is C10H19N3O. The quantitative estimate of drug-likeness (QED) is 0.726. The summed E-state index contributed by atoms with van der Waals surface area (Å²) >= 11 is 0. The van der Waals surface area contributed by atoms with Gasteiger partial charge in [-0.1, -0.05) is 6.92 Å². The molecule has 0 aromatic carbocycles. The van der Waals surface area contributed by atoms with E-state index < -0.39 is 0 Å². The van der Waals surface area contributed by atoms with Gasteiger partial charge in [-0.05, 0) is 19.4 Å². The van der Waals surface area contributed by atoms with Crippen LogP contribution in [0, 0.1) is 6.92 Å². The second-order valence-corrected chi connectivity index (χ2v) is 3.59. The molecule has 1 aromatic rings. The van der Waals surface area contributed by atoms with Gasteiger partial charge in [0.25, 0.3) is 0 Å². The van der Waals surface area contributed by atoms with Gasteiger partial charge < -0.3 is 10.4 Å². The number of aryl methyl sites for hydroxylation is 2. The highest BCUT2D eigenvalue weighted by atomic mass is 16.3. The first kappa shape index (κ1) is 11.2. The van der Waals surface area contributed by atoms with E-state index in [0.29, 0.717) is 6.54 Å². The molecule has 1 aromatic heterocycles. The van der Waals surface area contributed by atoms with Crippen molar-refractivity contribution in [2.75, 3.05) is 6.54 Å². The number of hydrogen-bond acceptors (Lipinski definition) is 3. The second-order valence-electron chi connectivity index (χ2n) is 3.59. The van der Waals surface area contributed by atoms with E-state index in [1.807, 2.05) is 31.6 Å². The largest absolute Gasteiger partial charge is 0.392 e. The third kappa shape index (κ3) is 3.12. The normalized spacial score (nSPS) is 13.1. The fourth-order valence-corrected chi connectivity index (χ4v) is 1.34. The zero-order chi connectivity index (χ0) is 10.6. The maximum absolute atomic E-state index is 9.33. The van der Waals surface area contributed by atoms with Crippen molar-refractivity contribution in [3.05, 3.63) is 17.5 Å². The Hall–Kier alpha value is -0.870. The third-order valence-corrected chi connectivity index (χ3v) is 2.26. The highest BCUT2D eigenvalue weighted by Gasteiger charge is 2.03. The summed E-state index contributed by atoms with van der Waals surface area (Å²) in [4.78, 5) is 0. The zero-order valence-electron chi connectivity index (χ0n) is 9.12. The summed E-state index contributed by atoms with van der Waals surface area (Å²) in [7, 11) is 1.93. The second kappa shape index (κ2) is 5.12. The fraction of sp³-hybridized carbons (Fsp3) is 0.700. The third-order valence-electron chi connectivity index (χ3n) is 2.26. The Balaban J connectivity index is 2.34. The molecule has 4 heteroatoms. The van der Waals surface area contributed by atoms with E-state index in [0.717, 1.165) is 24.4 Å². The van der Waals surface area contributed by atoms with Gasteiger partial charge in [0.15, 0.2) is 0 Å². The molecule has 80 valence electrons. The van der Waals surface area contributed by atoms with Crippen molar-refractivity contribution >= 4 is 0 Å². The lowest BCUT2D eigenvalue weighted by molar-refractivity contribution is 0.167. The topological polar surface area (TPSA) is 50.1 Å². The molecule has 4 nitrogen and oxygen atoms in total. The van der Waals surface area contributed by atoms with Gasteiger partial charge in [-0.25, -0.2) is 0 Å². The Bertz CT molecular complexity index is 283. The molecule has 0 aliphatic carbocycles. The van der Waals surface area contributed by atoms with Crippen LogP contribution in [0.15, 0.2) is 6.07 Å². The molecule has 0 radical (unpaired) electrons. The molecule has 1 atom stereocenters. The van der Waals surface area contributed by atoms with Crippen LogP contribution in [0.2, 0.25) is 0 Å². The van der Waals surface area contributed by atoms with Crippen molar-refractivity contribution < 1.29 is 5.11 Å². The minimum atomic E-state index is -0.246. The van der Waals surface area contributed by atoms with Crippen molar-refractivity contribution in [2.45, 2.75) is 32.9 Å². The highest BCUT2D eigenvalue weighted by Crippen LogP contribution is 2.00. The lowest BCUT2D eigenvalue weighted by Crippen LogP contribution is -2.26. The van der Waals surface area contributed by atoms with Crippen LogP contribution < -0.4 is 5.32 Å². The lowest BCUT2D eigenvalue weighted by atomic mass is 10.3. The Morgan fingerprint density at radius 2 is 2.36 bits per heavy atom. The molecule has 1 unspecified atom stereocenters. The molecule has 0 fully saturated rings. The summed E-state index contributed by atoms with van der Waals surface area (Å²) in [5, 5.41) is 16.8. The number of aromatic nitrogens is 2. The number of aliphatic hydroxyl groups is 1. The first-order chi connectivity index (χ1) is 6.63. The number of hydrogen-bond donors (Lipinski definition) is 2. The van der Waals surface area contributed by atoms with Crippen molar-refractivity contribution in [3.63, 3.8) is 0 Å². The molecule has 0 aliphatic heterocycles. The summed E-state index contributed by atoms with van der Waals surface area (Å²) in [5.74, 6) is 0. The summed E-state index contributed by atoms with van der Waals surface area (Å²) in [6.07, 6.45) is 0.543. The van der Waals surface area contributed by atoms with E-state index in [-0.39, 0.29) is 6.10 Å². The Kier molecular flexibility index (Phi) is 4.10. The zero-order valence-corrected chi connectivity index (χ0v) is 9.12. The molecule has 0 saturated carbocycles. The first-order valence-electron chi connectivity index (χ1n) is 5.01. The van der Waals surface area contributed by atoms with Crippen LogP contribution in [-0.2, 0) is 13.6 Å². The van der Waals surface area contributed by atoms with Crippen LogP contribution in [0.3, 0.4) is 0 Å². The van der Waals surface area contributed by atoms with Gasteiger partial charge in [0.05, 0.1) is 17.5 Å². The van der Waals surface area contributed by atoms with E-state index >= 15 is 0 Å².